The molecule has 0 amide bonds. The lowest BCUT2D eigenvalue weighted by Gasteiger charge is -2.33. The fraction of sp³-hybridized carbons (Fsp3) is 0.667. The van der Waals surface area contributed by atoms with Crippen LogP contribution in [0.15, 0.2) is 18.2 Å². The van der Waals surface area contributed by atoms with E-state index in [1.54, 1.807) is 7.11 Å². The Labute approximate surface area is 129 Å². The normalized spacial score (nSPS) is 25.6. The second kappa shape index (κ2) is 7.69. The summed E-state index contributed by atoms with van der Waals surface area (Å²) in [6.45, 7) is 8.28. The van der Waals surface area contributed by atoms with Crippen molar-refractivity contribution in [1.82, 2.24) is 5.32 Å². The van der Waals surface area contributed by atoms with Crippen molar-refractivity contribution in [3.8, 4) is 11.5 Å². The predicted molar refractivity (Wildman–Crippen MR) is 87.0 cm³/mol. The van der Waals surface area contributed by atoms with E-state index in [4.69, 9.17) is 9.47 Å². The Bertz CT molecular complexity index is 447. The highest BCUT2D eigenvalue weighted by Crippen LogP contribution is 2.30. The van der Waals surface area contributed by atoms with Crippen LogP contribution >= 0.6 is 0 Å². The van der Waals surface area contributed by atoms with E-state index >= 15 is 0 Å². The summed E-state index contributed by atoms with van der Waals surface area (Å²) in [5, 5.41) is 3.72. The molecule has 0 bridgehead atoms. The molecule has 21 heavy (non-hydrogen) atoms. The smallest absolute Gasteiger partial charge is 0.161 e. The van der Waals surface area contributed by atoms with Gasteiger partial charge in [-0.1, -0.05) is 19.9 Å². The van der Waals surface area contributed by atoms with Gasteiger partial charge in [0.2, 0.25) is 0 Å². The fourth-order valence-corrected chi connectivity index (χ4v) is 3.32. The minimum Gasteiger partial charge on any atom is -0.493 e. The number of hydrogen-bond acceptors (Lipinski definition) is 3. The van der Waals surface area contributed by atoms with Gasteiger partial charge < -0.3 is 14.8 Å². The number of rotatable bonds is 6. The van der Waals surface area contributed by atoms with Gasteiger partial charge in [0.05, 0.1) is 13.7 Å². The van der Waals surface area contributed by atoms with Crippen LogP contribution in [0.4, 0.5) is 0 Å². The highest BCUT2D eigenvalue weighted by atomic mass is 16.5. The molecule has 0 radical (unpaired) electrons. The molecule has 3 atom stereocenters. The predicted octanol–water partition coefficient (Wildman–Crippen LogP) is 4.01. The van der Waals surface area contributed by atoms with Gasteiger partial charge >= 0.3 is 0 Å². The number of methoxy groups -OCH3 is 1. The second-order valence-corrected chi connectivity index (χ2v) is 6.30. The highest BCUT2D eigenvalue weighted by molar-refractivity contribution is 5.42. The molecule has 1 fully saturated rings. The van der Waals surface area contributed by atoms with Gasteiger partial charge in [-0.15, -0.1) is 0 Å². The number of nitrogens with one attached hydrogen (secondary N) is 1. The van der Waals surface area contributed by atoms with Crippen molar-refractivity contribution in [2.75, 3.05) is 13.7 Å². The molecule has 1 aromatic rings. The molecule has 1 aromatic carbocycles. The summed E-state index contributed by atoms with van der Waals surface area (Å²) in [6.07, 6.45) is 3.97. The summed E-state index contributed by atoms with van der Waals surface area (Å²) in [7, 11) is 1.68. The van der Waals surface area contributed by atoms with Gasteiger partial charge in [0.25, 0.3) is 0 Å². The summed E-state index contributed by atoms with van der Waals surface area (Å²) in [5.41, 5.74) is 1.25. The van der Waals surface area contributed by atoms with Crippen molar-refractivity contribution in [2.45, 2.75) is 52.6 Å². The van der Waals surface area contributed by atoms with Crippen molar-refractivity contribution in [3.63, 3.8) is 0 Å². The molecule has 118 valence electrons. The molecule has 2 rings (SSSR count). The van der Waals surface area contributed by atoms with Crippen LogP contribution in [0.2, 0.25) is 0 Å². The van der Waals surface area contributed by atoms with Gasteiger partial charge in [-0.3, -0.25) is 0 Å². The number of ether oxygens (including phenoxy) is 2. The quantitative estimate of drug-likeness (QED) is 0.859. The van der Waals surface area contributed by atoms with E-state index in [1.165, 1.54) is 24.8 Å². The molecule has 3 nitrogen and oxygen atoms in total. The largest absolute Gasteiger partial charge is 0.493 e. The van der Waals surface area contributed by atoms with Crippen molar-refractivity contribution in [2.24, 2.45) is 11.8 Å². The van der Waals surface area contributed by atoms with E-state index in [0.29, 0.717) is 12.6 Å². The Morgan fingerprint density at radius 2 is 2.00 bits per heavy atom. The van der Waals surface area contributed by atoms with Crippen LogP contribution in [0.3, 0.4) is 0 Å². The third-order valence-corrected chi connectivity index (χ3v) is 4.53. The first-order valence-corrected chi connectivity index (χ1v) is 8.17. The maximum absolute atomic E-state index is 5.64. The van der Waals surface area contributed by atoms with Gasteiger partial charge in [0.15, 0.2) is 11.5 Å². The van der Waals surface area contributed by atoms with Gasteiger partial charge in [0, 0.05) is 12.6 Å². The summed E-state index contributed by atoms with van der Waals surface area (Å²) in [6, 6.07) is 6.84. The fourth-order valence-electron chi connectivity index (χ4n) is 3.32. The molecule has 0 aromatic heterocycles. The number of benzene rings is 1. The maximum Gasteiger partial charge on any atom is 0.161 e. The first-order valence-electron chi connectivity index (χ1n) is 8.17. The van der Waals surface area contributed by atoms with Crippen molar-refractivity contribution < 1.29 is 9.47 Å². The standard InChI is InChI=1S/C18H29NO2/c1-5-21-18-11-15(7-9-17(18)20-4)12-19-16-8-6-13(2)10-14(16)3/h7,9,11,13-14,16,19H,5-6,8,10,12H2,1-4H3. The van der Waals surface area contributed by atoms with Crippen LogP contribution in [0, 0.1) is 11.8 Å². The maximum atomic E-state index is 5.64. The topological polar surface area (TPSA) is 30.5 Å². The zero-order valence-electron chi connectivity index (χ0n) is 13.8. The molecular formula is C18H29NO2. The summed E-state index contributed by atoms with van der Waals surface area (Å²) in [4.78, 5) is 0. The van der Waals surface area contributed by atoms with E-state index in [-0.39, 0.29) is 0 Å². The van der Waals surface area contributed by atoms with Crippen molar-refractivity contribution >= 4 is 0 Å². The highest BCUT2D eigenvalue weighted by Gasteiger charge is 2.24. The third kappa shape index (κ3) is 4.37. The number of hydrogen-bond donors (Lipinski definition) is 1. The molecular weight excluding hydrogens is 262 g/mol. The van der Waals surface area contributed by atoms with Crippen LogP contribution in [0.25, 0.3) is 0 Å². The lowest BCUT2D eigenvalue weighted by Crippen LogP contribution is -2.38. The van der Waals surface area contributed by atoms with Crippen molar-refractivity contribution in [1.29, 1.82) is 0 Å². The summed E-state index contributed by atoms with van der Waals surface area (Å²) in [5.74, 6) is 3.28. The Morgan fingerprint density at radius 1 is 1.19 bits per heavy atom. The van der Waals surface area contributed by atoms with E-state index in [0.717, 1.165) is 29.9 Å². The first-order chi connectivity index (χ1) is 10.1. The third-order valence-electron chi connectivity index (χ3n) is 4.53. The molecule has 1 saturated carbocycles. The molecule has 0 saturated heterocycles. The average molecular weight is 291 g/mol. The van der Waals surface area contributed by atoms with E-state index in [1.807, 2.05) is 13.0 Å². The Balaban J connectivity index is 1.95. The SMILES string of the molecule is CCOc1cc(CNC2CCC(C)CC2C)ccc1OC. The van der Waals surface area contributed by atoms with Gasteiger partial charge in [-0.2, -0.15) is 0 Å². The summed E-state index contributed by atoms with van der Waals surface area (Å²) >= 11 is 0. The molecule has 0 spiro atoms. The Morgan fingerprint density at radius 3 is 2.67 bits per heavy atom. The zero-order valence-corrected chi connectivity index (χ0v) is 13.8. The zero-order chi connectivity index (χ0) is 15.2. The Hall–Kier alpha value is -1.22. The Kier molecular flexibility index (Phi) is 5.92. The van der Waals surface area contributed by atoms with E-state index in [2.05, 4.69) is 31.3 Å². The molecule has 0 heterocycles. The monoisotopic (exact) mass is 291 g/mol. The molecule has 3 heteroatoms. The minimum atomic E-state index is 0.638. The van der Waals surface area contributed by atoms with Crippen LogP contribution < -0.4 is 14.8 Å². The van der Waals surface area contributed by atoms with E-state index < -0.39 is 0 Å². The molecule has 1 aliphatic carbocycles. The first kappa shape index (κ1) is 16.2. The van der Waals surface area contributed by atoms with Gasteiger partial charge in [-0.05, 0) is 55.7 Å². The van der Waals surface area contributed by atoms with Crippen LogP contribution in [0.1, 0.15) is 45.6 Å². The second-order valence-electron chi connectivity index (χ2n) is 6.30. The lowest BCUT2D eigenvalue weighted by atomic mass is 9.80. The molecule has 1 N–H and O–H groups in total. The van der Waals surface area contributed by atoms with Crippen LogP contribution in [-0.2, 0) is 6.54 Å². The molecule has 1 aliphatic rings. The van der Waals surface area contributed by atoms with E-state index in [9.17, 15) is 0 Å². The average Bonchev–Trinajstić information content (AvgIpc) is 2.47. The lowest BCUT2D eigenvalue weighted by molar-refractivity contribution is 0.227. The van der Waals surface area contributed by atoms with Crippen LogP contribution in [0.5, 0.6) is 11.5 Å². The van der Waals surface area contributed by atoms with Crippen molar-refractivity contribution in [3.05, 3.63) is 23.8 Å². The van der Waals surface area contributed by atoms with Crippen LogP contribution in [-0.4, -0.2) is 19.8 Å². The van der Waals surface area contributed by atoms with Gasteiger partial charge in [-0.25, -0.2) is 0 Å². The molecule has 3 unspecified atom stereocenters. The van der Waals surface area contributed by atoms with Gasteiger partial charge in [0.1, 0.15) is 0 Å². The summed E-state index contributed by atoms with van der Waals surface area (Å²) < 4.78 is 11.0. The molecule has 0 aliphatic heterocycles. The minimum absolute atomic E-state index is 0.638.